The Morgan fingerprint density at radius 2 is 2.05 bits per heavy atom. The van der Waals surface area contributed by atoms with Crippen LogP contribution >= 0.6 is 12.2 Å². The number of ether oxygens (including phenoxy) is 1. The number of thiocarbonyl (C=S) groups is 1. The van der Waals surface area contributed by atoms with Crippen molar-refractivity contribution in [3.63, 3.8) is 0 Å². The summed E-state index contributed by atoms with van der Waals surface area (Å²) in [5.74, 6) is 0.618. The smallest absolute Gasteiger partial charge is 0.213 e. The highest BCUT2D eigenvalue weighted by atomic mass is 32.1. The number of hydrogen-bond acceptors (Lipinski definition) is 3. The van der Waals surface area contributed by atoms with Crippen LogP contribution in [0.4, 0.5) is 0 Å². The van der Waals surface area contributed by atoms with Crippen molar-refractivity contribution in [1.29, 1.82) is 0 Å². The first-order valence-corrected chi connectivity index (χ1v) is 6.97. The van der Waals surface area contributed by atoms with E-state index in [1.54, 1.807) is 7.11 Å². The molecule has 2 heterocycles. The summed E-state index contributed by atoms with van der Waals surface area (Å²) in [4.78, 5) is 4.85. The van der Waals surface area contributed by atoms with Crippen LogP contribution < -0.4 is 10.5 Å². The van der Waals surface area contributed by atoms with Crippen LogP contribution in [0.25, 0.3) is 10.9 Å². The number of hydrogen-bond donors (Lipinski definition) is 1. The van der Waals surface area contributed by atoms with Crippen LogP contribution in [-0.4, -0.2) is 21.6 Å². The van der Waals surface area contributed by atoms with Gasteiger partial charge < -0.3 is 15.0 Å². The van der Waals surface area contributed by atoms with Gasteiger partial charge in [-0.3, -0.25) is 0 Å². The van der Waals surface area contributed by atoms with E-state index in [4.69, 9.17) is 22.7 Å². The van der Waals surface area contributed by atoms with Gasteiger partial charge in [0.05, 0.1) is 19.3 Å². The maximum Gasteiger partial charge on any atom is 0.213 e. The highest BCUT2D eigenvalue weighted by Gasteiger charge is 2.08. The molecule has 0 atom stereocenters. The summed E-state index contributed by atoms with van der Waals surface area (Å²) in [5, 5.41) is 1.06. The zero-order valence-electron chi connectivity index (χ0n) is 11.6. The van der Waals surface area contributed by atoms with Gasteiger partial charge in [0.1, 0.15) is 4.99 Å². The first-order valence-electron chi connectivity index (χ1n) is 6.56. The van der Waals surface area contributed by atoms with Gasteiger partial charge >= 0.3 is 0 Å². The molecule has 0 bridgehead atoms. The van der Waals surface area contributed by atoms with E-state index in [2.05, 4.69) is 15.6 Å². The van der Waals surface area contributed by atoms with Gasteiger partial charge in [-0.2, -0.15) is 0 Å². The van der Waals surface area contributed by atoms with Gasteiger partial charge in [-0.05, 0) is 18.2 Å². The van der Waals surface area contributed by atoms with E-state index in [1.807, 2.05) is 42.6 Å². The lowest BCUT2D eigenvalue weighted by molar-refractivity contribution is 0.396. The van der Waals surface area contributed by atoms with Crippen molar-refractivity contribution >= 4 is 28.1 Å². The number of benzene rings is 1. The summed E-state index contributed by atoms with van der Waals surface area (Å²) >= 11 is 5.10. The Morgan fingerprint density at radius 1 is 1.24 bits per heavy atom. The first kappa shape index (κ1) is 13.6. The lowest BCUT2D eigenvalue weighted by Gasteiger charge is -2.07. The number of aromatic nitrogens is 2. The maximum atomic E-state index is 5.77. The van der Waals surface area contributed by atoms with Gasteiger partial charge in [0.15, 0.2) is 0 Å². The van der Waals surface area contributed by atoms with Crippen LogP contribution in [0, 0.1) is 0 Å². The fraction of sp³-hybridized carbons (Fsp3) is 0.125. The second-order valence-corrected chi connectivity index (χ2v) is 5.16. The molecule has 3 rings (SSSR count). The zero-order valence-corrected chi connectivity index (χ0v) is 12.4. The quantitative estimate of drug-likeness (QED) is 0.752. The SMILES string of the molecule is COc1cccc(Cn2ccc3c(C(N)=S)cccc32)n1. The molecule has 21 heavy (non-hydrogen) atoms. The number of nitrogens with two attached hydrogens (primary N) is 1. The molecule has 0 spiro atoms. The van der Waals surface area contributed by atoms with E-state index >= 15 is 0 Å². The minimum atomic E-state index is 0.415. The normalized spacial score (nSPS) is 10.7. The van der Waals surface area contributed by atoms with Crippen molar-refractivity contribution in [1.82, 2.24) is 9.55 Å². The molecular formula is C16H15N3OS. The molecule has 0 radical (unpaired) electrons. The molecule has 106 valence electrons. The lowest BCUT2D eigenvalue weighted by Crippen LogP contribution is -2.09. The minimum Gasteiger partial charge on any atom is -0.481 e. The van der Waals surface area contributed by atoms with E-state index in [0.29, 0.717) is 17.4 Å². The monoisotopic (exact) mass is 297 g/mol. The van der Waals surface area contributed by atoms with Crippen molar-refractivity contribution in [2.75, 3.05) is 7.11 Å². The average molecular weight is 297 g/mol. The van der Waals surface area contributed by atoms with Crippen LogP contribution in [0.15, 0.2) is 48.7 Å². The van der Waals surface area contributed by atoms with E-state index in [1.165, 1.54) is 0 Å². The van der Waals surface area contributed by atoms with Gasteiger partial charge in [-0.25, -0.2) is 4.98 Å². The predicted octanol–water partition coefficient (Wildman–Crippen LogP) is 2.73. The molecule has 0 amide bonds. The molecule has 0 saturated heterocycles. The van der Waals surface area contributed by atoms with Crippen LogP contribution in [0.3, 0.4) is 0 Å². The Kier molecular flexibility index (Phi) is 3.58. The molecule has 0 aliphatic carbocycles. The summed E-state index contributed by atoms with van der Waals surface area (Å²) < 4.78 is 7.28. The van der Waals surface area contributed by atoms with Crippen LogP contribution in [0.5, 0.6) is 5.88 Å². The third-order valence-electron chi connectivity index (χ3n) is 3.40. The zero-order chi connectivity index (χ0) is 14.8. The number of pyridine rings is 1. The Morgan fingerprint density at radius 3 is 2.81 bits per heavy atom. The number of nitrogens with zero attached hydrogens (tertiary/aromatic N) is 2. The molecule has 3 aromatic rings. The molecule has 0 saturated carbocycles. The van der Waals surface area contributed by atoms with E-state index in [-0.39, 0.29) is 0 Å². The summed E-state index contributed by atoms with van der Waals surface area (Å²) in [6.45, 7) is 0.668. The maximum absolute atomic E-state index is 5.77. The molecular weight excluding hydrogens is 282 g/mol. The standard InChI is InChI=1S/C16H15N3OS/c1-20-15-7-2-4-11(18-15)10-19-9-8-12-13(16(17)21)5-3-6-14(12)19/h2-9H,10H2,1H3,(H2,17,21). The minimum absolute atomic E-state index is 0.415. The molecule has 2 N–H and O–H groups in total. The topological polar surface area (TPSA) is 53.1 Å². The van der Waals surface area contributed by atoms with Crippen molar-refractivity contribution in [2.45, 2.75) is 6.54 Å². The molecule has 0 fully saturated rings. The van der Waals surface area contributed by atoms with Crippen LogP contribution in [0.1, 0.15) is 11.3 Å². The van der Waals surface area contributed by atoms with Crippen molar-refractivity contribution < 1.29 is 4.74 Å². The Bertz CT molecular complexity index is 810. The molecule has 0 aliphatic rings. The van der Waals surface area contributed by atoms with Gasteiger partial charge in [0, 0.05) is 28.7 Å². The largest absolute Gasteiger partial charge is 0.481 e. The van der Waals surface area contributed by atoms with Crippen LogP contribution in [0.2, 0.25) is 0 Å². The number of rotatable bonds is 4. The van der Waals surface area contributed by atoms with Crippen molar-refractivity contribution in [3.05, 3.63) is 59.9 Å². The molecule has 4 nitrogen and oxygen atoms in total. The predicted molar refractivity (Wildman–Crippen MR) is 87.7 cm³/mol. The van der Waals surface area contributed by atoms with E-state index in [9.17, 15) is 0 Å². The second kappa shape index (κ2) is 5.54. The highest BCUT2D eigenvalue weighted by Crippen LogP contribution is 2.21. The summed E-state index contributed by atoms with van der Waals surface area (Å²) in [7, 11) is 1.62. The first-order chi connectivity index (χ1) is 10.2. The highest BCUT2D eigenvalue weighted by molar-refractivity contribution is 7.80. The Hall–Kier alpha value is -2.40. The summed E-state index contributed by atoms with van der Waals surface area (Å²) in [6, 6.07) is 13.7. The molecule has 0 unspecified atom stereocenters. The Labute approximate surface area is 128 Å². The van der Waals surface area contributed by atoms with Gasteiger partial charge in [-0.15, -0.1) is 0 Å². The lowest BCUT2D eigenvalue weighted by atomic mass is 10.1. The van der Waals surface area contributed by atoms with E-state index < -0.39 is 0 Å². The number of methoxy groups -OCH3 is 1. The van der Waals surface area contributed by atoms with Crippen LogP contribution in [-0.2, 0) is 6.54 Å². The Balaban J connectivity index is 2.01. The van der Waals surface area contributed by atoms with Crippen molar-refractivity contribution in [2.24, 2.45) is 5.73 Å². The second-order valence-electron chi connectivity index (χ2n) is 4.72. The third-order valence-corrected chi connectivity index (χ3v) is 3.62. The average Bonchev–Trinajstić information content (AvgIpc) is 2.90. The molecule has 1 aromatic carbocycles. The van der Waals surface area contributed by atoms with Crippen molar-refractivity contribution in [3.8, 4) is 5.88 Å². The fourth-order valence-corrected chi connectivity index (χ4v) is 2.59. The van der Waals surface area contributed by atoms with Gasteiger partial charge in [-0.1, -0.05) is 30.4 Å². The molecule has 0 aliphatic heterocycles. The summed E-state index contributed by atoms with van der Waals surface area (Å²) in [5.41, 5.74) is 8.70. The molecule has 5 heteroatoms. The van der Waals surface area contributed by atoms with Gasteiger partial charge in [0.25, 0.3) is 0 Å². The fourth-order valence-electron chi connectivity index (χ4n) is 2.41. The van der Waals surface area contributed by atoms with E-state index in [0.717, 1.165) is 22.2 Å². The number of fused-ring (bicyclic) bond motifs is 1. The summed E-state index contributed by atoms with van der Waals surface area (Å²) in [6.07, 6.45) is 2.02. The third kappa shape index (κ3) is 2.60. The molecule has 2 aromatic heterocycles. The van der Waals surface area contributed by atoms with Gasteiger partial charge in [0.2, 0.25) is 5.88 Å².